The van der Waals surface area contributed by atoms with Crippen LogP contribution in [0.2, 0.25) is 5.02 Å². The van der Waals surface area contributed by atoms with Gasteiger partial charge in [-0.2, -0.15) is 0 Å². The minimum Gasteiger partial charge on any atom is -0.494 e. The average molecular weight is 294 g/mol. The number of ether oxygens (including phenoxy) is 1. The van der Waals surface area contributed by atoms with Crippen LogP contribution in [-0.4, -0.2) is 22.2 Å². The lowest BCUT2D eigenvalue weighted by Gasteiger charge is -2.10. The number of nitrogens with zero attached hydrogens (tertiary/aromatic N) is 1. The highest BCUT2D eigenvalue weighted by molar-refractivity contribution is 6.30. The number of hydrogen-bond acceptors (Lipinski definition) is 2. The summed E-state index contributed by atoms with van der Waals surface area (Å²) in [5, 5.41) is 9.75. The summed E-state index contributed by atoms with van der Waals surface area (Å²) in [6.07, 6.45) is 0.735. The summed E-state index contributed by atoms with van der Waals surface area (Å²) in [5.41, 5.74) is 1.25. The molecule has 0 saturated heterocycles. The van der Waals surface area contributed by atoms with Crippen LogP contribution in [0.15, 0.2) is 36.4 Å². The summed E-state index contributed by atoms with van der Waals surface area (Å²) in [7, 11) is 0. The minimum atomic E-state index is -0.906. The summed E-state index contributed by atoms with van der Waals surface area (Å²) in [5.74, 6) is -0.145. The van der Waals surface area contributed by atoms with E-state index >= 15 is 0 Å². The first kappa shape index (κ1) is 14.5. The van der Waals surface area contributed by atoms with Crippen molar-refractivity contribution in [3.8, 4) is 5.75 Å². The van der Waals surface area contributed by atoms with Crippen molar-refractivity contribution in [2.75, 3.05) is 6.61 Å². The van der Waals surface area contributed by atoms with Crippen LogP contribution in [0.5, 0.6) is 5.75 Å². The van der Waals surface area contributed by atoms with Crippen molar-refractivity contribution in [3.63, 3.8) is 0 Å². The van der Waals surface area contributed by atoms with Crippen LogP contribution in [0.25, 0.3) is 0 Å². The monoisotopic (exact) mass is 293 g/mol. The van der Waals surface area contributed by atoms with Crippen LogP contribution in [0, 0.1) is 6.92 Å². The smallest absolute Gasteiger partial charge is 0.352 e. The van der Waals surface area contributed by atoms with Crippen LogP contribution < -0.4 is 4.74 Å². The molecule has 0 aliphatic heterocycles. The first-order valence-corrected chi connectivity index (χ1v) is 6.73. The number of hydrogen-bond donors (Lipinski definition) is 1. The van der Waals surface area contributed by atoms with E-state index in [-0.39, 0.29) is 0 Å². The molecule has 20 heavy (non-hydrogen) atoms. The highest BCUT2D eigenvalue weighted by Gasteiger charge is 2.11. The van der Waals surface area contributed by atoms with E-state index in [1.807, 2.05) is 25.1 Å². The molecule has 4 nitrogen and oxygen atoms in total. The van der Waals surface area contributed by atoms with E-state index in [1.54, 1.807) is 22.8 Å². The SMILES string of the molecule is Cc1ccc(C(=O)O)n1CCCOc1ccc(Cl)cc1. The van der Waals surface area contributed by atoms with Gasteiger partial charge in [0.25, 0.3) is 0 Å². The van der Waals surface area contributed by atoms with E-state index in [9.17, 15) is 4.79 Å². The lowest BCUT2D eigenvalue weighted by molar-refractivity contribution is 0.0684. The Hall–Kier alpha value is -1.94. The summed E-state index contributed by atoms with van der Waals surface area (Å²) >= 11 is 5.79. The van der Waals surface area contributed by atoms with Crippen LogP contribution >= 0.6 is 11.6 Å². The van der Waals surface area contributed by atoms with E-state index in [4.69, 9.17) is 21.4 Å². The molecule has 0 atom stereocenters. The fourth-order valence-electron chi connectivity index (χ4n) is 2.00. The second kappa shape index (κ2) is 6.48. The molecule has 0 aliphatic rings. The zero-order valence-electron chi connectivity index (χ0n) is 11.2. The van der Waals surface area contributed by atoms with Gasteiger partial charge in [-0.15, -0.1) is 0 Å². The minimum absolute atomic E-state index is 0.314. The fraction of sp³-hybridized carbons (Fsp3) is 0.267. The maximum Gasteiger partial charge on any atom is 0.352 e. The zero-order chi connectivity index (χ0) is 14.5. The third-order valence-corrected chi connectivity index (χ3v) is 3.28. The normalized spacial score (nSPS) is 10.5. The zero-order valence-corrected chi connectivity index (χ0v) is 11.9. The highest BCUT2D eigenvalue weighted by atomic mass is 35.5. The molecule has 106 valence electrons. The van der Waals surface area contributed by atoms with Gasteiger partial charge in [-0.1, -0.05) is 11.6 Å². The molecule has 0 saturated carbocycles. The average Bonchev–Trinajstić information content (AvgIpc) is 2.78. The molecule has 0 spiro atoms. The Morgan fingerprint density at radius 3 is 2.60 bits per heavy atom. The third kappa shape index (κ3) is 3.54. The number of rotatable bonds is 6. The van der Waals surface area contributed by atoms with Gasteiger partial charge >= 0.3 is 5.97 Å². The lowest BCUT2D eigenvalue weighted by Crippen LogP contribution is -2.12. The van der Waals surface area contributed by atoms with Crippen LogP contribution in [0.4, 0.5) is 0 Å². The van der Waals surface area contributed by atoms with Crippen molar-refractivity contribution in [2.45, 2.75) is 19.9 Å². The Morgan fingerprint density at radius 1 is 1.25 bits per heavy atom. The Balaban J connectivity index is 1.86. The number of carbonyl (C=O) groups is 1. The number of carboxylic acids is 1. The van der Waals surface area contributed by atoms with Gasteiger partial charge in [-0.25, -0.2) is 4.79 Å². The predicted octanol–water partition coefficient (Wildman–Crippen LogP) is 3.62. The number of halogens is 1. The standard InChI is InChI=1S/C15H16ClNO3/c1-11-3-8-14(15(18)19)17(11)9-2-10-20-13-6-4-12(16)5-7-13/h3-8H,2,9-10H2,1H3,(H,18,19). The van der Waals surface area contributed by atoms with Gasteiger partial charge in [0.05, 0.1) is 6.61 Å². The second-order valence-corrected chi connectivity index (χ2v) is 4.91. The fourth-order valence-corrected chi connectivity index (χ4v) is 2.12. The summed E-state index contributed by atoms with van der Waals surface area (Å²) in [6, 6.07) is 10.6. The lowest BCUT2D eigenvalue weighted by atomic mass is 10.3. The molecule has 1 aromatic carbocycles. The van der Waals surface area contributed by atoms with Gasteiger partial charge in [0.2, 0.25) is 0 Å². The Bertz CT molecular complexity index is 590. The largest absolute Gasteiger partial charge is 0.494 e. The van der Waals surface area contributed by atoms with Crippen molar-refractivity contribution in [2.24, 2.45) is 0 Å². The van der Waals surface area contributed by atoms with Gasteiger partial charge in [-0.3, -0.25) is 0 Å². The molecule has 5 heteroatoms. The highest BCUT2D eigenvalue weighted by Crippen LogP contribution is 2.16. The Morgan fingerprint density at radius 2 is 1.95 bits per heavy atom. The first-order valence-electron chi connectivity index (χ1n) is 6.36. The molecular formula is C15H16ClNO3. The molecule has 1 heterocycles. The molecule has 0 radical (unpaired) electrons. The Kier molecular flexibility index (Phi) is 4.69. The van der Waals surface area contributed by atoms with Crippen molar-refractivity contribution in [1.29, 1.82) is 0 Å². The molecule has 1 aromatic heterocycles. The topological polar surface area (TPSA) is 51.5 Å². The third-order valence-electron chi connectivity index (χ3n) is 3.03. The van der Waals surface area contributed by atoms with Crippen molar-refractivity contribution in [3.05, 3.63) is 52.8 Å². The molecule has 0 amide bonds. The molecule has 0 aliphatic carbocycles. The van der Waals surface area contributed by atoms with E-state index in [0.29, 0.717) is 23.9 Å². The van der Waals surface area contributed by atoms with Gasteiger partial charge in [-0.05, 0) is 49.7 Å². The maximum absolute atomic E-state index is 11.1. The molecule has 2 rings (SSSR count). The second-order valence-electron chi connectivity index (χ2n) is 4.47. The van der Waals surface area contributed by atoms with Crippen LogP contribution in [0.3, 0.4) is 0 Å². The van der Waals surface area contributed by atoms with Gasteiger partial charge < -0.3 is 14.4 Å². The van der Waals surface area contributed by atoms with Crippen molar-refractivity contribution < 1.29 is 14.6 Å². The summed E-state index contributed by atoms with van der Waals surface area (Å²) in [4.78, 5) is 11.1. The van der Waals surface area contributed by atoms with Crippen molar-refractivity contribution in [1.82, 2.24) is 4.57 Å². The summed E-state index contributed by atoms with van der Waals surface area (Å²) < 4.78 is 7.37. The maximum atomic E-state index is 11.1. The van der Waals surface area contributed by atoms with E-state index in [2.05, 4.69) is 0 Å². The van der Waals surface area contributed by atoms with Crippen LogP contribution in [0.1, 0.15) is 22.6 Å². The van der Waals surface area contributed by atoms with Gasteiger partial charge in [0.1, 0.15) is 11.4 Å². The van der Waals surface area contributed by atoms with Gasteiger partial charge in [0, 0.05) is 17.3 Å². The number of benzene rings is 1. The first-order chi connectivity index (χ1) is 9.58. The predicted molar refractivity (Wildman–Crippen MR) is 77.7 cm³/mol. The number of aromatic nitrogens is 1. The molecule has 2 aromatic rings. The number of aromatic carboxylic acids is 1. The number of aryl methyl sites for hydroxylation is 1. The van der Waals surface area contributed by atoms with Gasteiger partial charge in [0.15, 0.2) is 0 Å². The Labute approximate surface area is 122 Å². The van der Waals surface area contributed by atoms with E-state index in [0.717, 1.165) is 17.9 Å². The van der Waals surface area contributed by atoms with E-state index < -0.39 is 5.97 Å². The quantitative estimate of drug-likeness (QED) is 0.828. The van der Waals surface area contributed by atoms with Crippen molar-refractivity contribution >= 4 is 17.6 Å². The van der Waals surface area contributed by atoms with Crippen LogP contribution in [-0.2, 0) is 6.54 Å². The summed E-state index contributed by atoms with van der Waals surface area (Å²) in [6.45, 7) is 3.04. The molecule has 0 fully saturated rings. The number of carboxylic acid groups (broad SMARTS) is 1. The van der Waals surface area contributed by atoms with E-state index in [1.165, 1.54) is 0 Å². The molecule has 0 bridgehead atoms. The molecular weight excluding hydrogens is 278 g/mol. The molecule has 0 unspecified atom stereocenters. The molecule has 1 N–H and O–H groups in total.